The fourth-order valence-corrected chi connectivity index (χ4v) is 3.39. The van der Waals surface area contributed by atoms with Gasteiger partial charge in [0.25, 0.3) is 5.91 Å². The Morgan fingerprint density at radius 2 is 1.68 bits per heavy atom. The first-order chi connectivity index (χ1) is 10.6. The van der Waals surface area contributed by atoms with Crippen LogP contribution in [0.4, 0.5) is 0 Å². The fourth-order valence-electron chi connectivity index (χ4n) is 3.39. The number of piperidine rings is 1. The number of carbonyl (C=O) groups excluding carboxylic acids is 1. The molecule has 1 aromatic heterocycles. The second-order valence-corrected chi connectivity index (χ2v) is 6.50. The van der Waals surface area contributed by atoms with Gasteiger partial charge in [0.15, 0.2) is 0 Å². The van der Waals surface area contributed by atoms with Crippen molar-refractivity contribution in [3.05, 3.63) is 53.3 Å². The van der Waals surface area contributed by atoms with Crippen LogP contribution in [-0.2, 0) is 0 Å². The number of aryl methyl sites for hydroxylation is 2. The maximum absolute atomic E-state index is 12.6. The van der Waals surface area contributed by atoms with Crippen molar-refractivity contribution in [2.45, 2.75) is 33.6 Å². The second kappa shape index (κ2) is 5.99. The van der Waals surface area contributed by atoms with Crippen LogP contribution in [-0.4, -0.2) is 28.5 Å². The van der Waals surface area contributed by atoms with E-state index in [1.165, 1.54) is 17.8 Å². The van der Waals surface area contributed by atoms with Gasteiger partial charge in [-0.05, 0) is 69.0 Å². The zero-order valence-electron chi connectivity index (χ0n) is 13.7. The Morgan fingerprint density at radius 3 is 2.27 bits per heavy atom. The van der Waals surface area contributed by atoms with Gasteiger partial charge in [0, 0.05) is 35.7 Å². The van der Waals surface area contributed by atoms with Crippen molar-refractivity contribution in [3.8, 4) is 5.69 Å². The summed E-state index contributed by atoms with van der Waals surface area (Å²) in [4.78, 5) is 14.6. The third kappa shape index (κ3) is 2.80. The molecule has 1 unspecified atom stereocenters. The van der Waals surface area contributed by atoms with E-state index in [0.717, 1.165) is 30.8 Å². The van der Waals surface area contributed by atoms with Gasteiger partial charge in [-0.3, -0.25) is 4.79 Å². The smallest absolute Gasteiger partial charge is 0.253 e. The molecule has 1 aromatic carbocycles. The van der Waals surface area contributed by atoms with Crippen molar-refractivity contribution in [2.24, 2.45) is 5.92 Å². The Morgan fingerprint density at radius 1 is 1.05 bits per heavy atom. The van der Waals surface area contributed by atoms with Crippen molar-refractivity contribution in [1.29, 1.82) is 0 Å². The van der Waals surface area contributed by atoms with Crippen molar-refractivity contribution in [3.63, 3.8) is 0 Å². The van der Waals surface area contributed by atoms with Crippen LogP contribution in [0.5, 0.6) is 0 Å². The van der Waals surface area contributed by atoms with Crippen molar-refractivity contribution < 1.29 is 4.79 Å². The van der Waals surface area contributed by atoms with Crippen LogP contribution >= 0.6 is 0 Å². The van der Waals surface area contributed by atoms with Crippen LogP contribution in [0.25, 0.3) is 5.69 Å². The molecule has 0 bridgehead atoms. The molecule has 1 saturated heterocycles. The molecule has 2 aromatic rings. The van der Waals surface area contributed by atoms with Crippen molar-refractivity contribution in [2.75, 3.05) is 13.1 Å². The first kappa shape index (κ1) is 14.9. The molecule has 116 valence electrons. The molecule has 1 fully saturated rings. The highest BCUT2D eigenvalue weighted by Gasteiger charge is 2.21. The number of benzene rings is 1. The molecule has 0 saturated carbocycles. The highest BCUT2D eigenvalue weighted by atomic mass is 16.2. The summed E-state index contributed by atoms with van der Waals surface area (Å²) < 4.78 is 2.21. The quantitative estimate of drug-likeness (QED) is 0.823. The zero-order chi connectivity index (χ0) is 15.7. The van der Waals surface area contributed by atoms with Crippen molar-refractivity contribution in [1.82, 2.24) is 9.47 Å². The van der Waals surface area contributed by atoms with Gasteiger partial charge < -0.3 is 9.47 Å². The minimum absolute atomic E-state index is 0.166. The summed E-state index contributed by atoms with van der Waals surface area (Å²) in [5, 5.41) is 0. The first-order valence-corrected chi connectivity index (χ1v) is 8.11. The molecule has 0 N–H and O–H groups in total. The number of aromatic nitrogens is 1. The Kier molecular flexibility index (Phi) is 4.06. The Hall–Kier alpha value is -2.03. The molecule has 3 heteroatoms. The predicted octanol–water partition coefficient (Wildman–Crippen LogP) is 3.97. The largest absolute Gasteiger partial charge is 0.338 e. The minimum atomic E-state index is 0.166. The van der Waals surface area contributed by atoms with E-state index in [1.54, 1.807) is 0 Å². The van der Waals surface area contributed by atoms with Gasteiger partial charge >= 0.3 is 0 Å². The van der Waals surface area contributed by atoms with Crippen LogP contribution in [0.15, 0.2) is 36.4 Å². The summed E-state index contributed by atoms with van der Waals surface area (Å²) in [5.41, 5.74) is 4.33. The molecular weight excluding hydrogens is 272 g/mol. The topological polar surface area (TPSA) is 25.2 Å². The molecule has 1 amide bonds. The average molecular weight is 296 g/mol. The molecule has 3 rings (SSSR count). The van der Waals surface area contributed by atoms with Crippen LogP contribution in [0.1, 0.15) is 41.5 Å². The van der Waals surface area contributed by atoms with Gasteiger partial charge in [-0.15, -0.1) is 0 Å². The average Bonchev–Trinajstić information content (AvgIpc) is 2.86. The standard InChI is InChI=1S/C19H24N2O/c1-14-5-4-12-20(13-14)19(22)17-8-10-18(11-9-17)21-15(2)6-7-16(21)3/h6-11,14H,4-5,12-13H2,1-3H3. The van der Waals surface area contributed by atoms with Gasteiger partial charge in [-0.25, -0.2) is 0 Å². The molecule has 1 aliphatic rings. The highest BCUT2D eigenvalue weighted by Crippen LogP contribution is 2.20. The lowest BCUT2D eigenvalue weighted by Gasteiger charge is -2.31. The SMILES string of the molecule is Cc1ccc(C)n1-c1ccc(C(=O)N2CCCC(C)C2)cc1. The first-order valence-electron chi connectivity index (χ1n) is 8.11. The van der Waals surface area contributed by atoms with Crippen LogP contribution < -0.4 is 0 Å². The van der Waals surface area contributed by atoms with E-state index < -0.39 is 0 Å². The molecular formula is C19H24N2O. The van der Waals surface area contributed by atoms with E-state index in [2.05, 4.69) is 37.5 Å². The minimum Gasteiger partial charge on any atom is -0.338 e. The maximum Gasteiger partial charge on any atom is 0.253 e. The van der Waals surface area contributed by atoms with Crippen LogP contribution in [0.3, 0.4) is 0 Å². The van der Waals surface area contributed by atoms with E-state index in [4.69, 9.17) is 0 Å². The lowest BCUT2D eigenvalue weighted by Crippen LogP contribution is -2.39. The van der Waals surface area contributed by atoms with Gasteiger partial charge in [0.1, 0.15) is 0 Å². The predicted molar refractivity (Wildman–Crippen MR) is 89.5 cm³/mol. The lowest BCUT2D eigenvalue weighted by atomic mass is 9.99. The molecule has 22 heavy (non-hydrogen) atoms. The van der Waals surface area contributed by atoms with Crippen LogP contribution in [0.2, 0.25) is 0 Å². The molecule has 3 nitrogen and oxygen atoms in total. The van der Waals surface area contributed by atoms with E-state index in [-0.39, 0.29) is 5.91 Å². The summed E-state index contributed by atoms with van der Waals surface area (Å²) in [6, 6.07) is 12.2. The lowest BCUT2D eigenvalue weighted by molar-refractivity contribution is 0.0683. The van der Waals surface area contributed by atoms with Crippen molar-refractivity contribution >= 4 is 5.91 Å². The number of amides is 1. The maximum atomic E-state index is 12.6. The molecule has 2 heterocycles. The number of likely N-dealkylation sites (tertiary alicyclic amines) is 1. The monoisotopic (exact) mass is 296 g/mol. The van der Waals surface area contributed by atoms with Gasteiger partial charge in [0.2, 0.25) is 0 Å². The Bertz CT molecular complexity index is 650. The van der Waals surface area contributed by atoms with E-state index in [9.17, 15) is 4.79 Å². The molecule has 1 aliphatic heterocycles. The van der Waals surface area contributed by atoms with Gasteiger partial charge in [0.05, 0.1) is 0 Å². The normalized spacial score (nSPS) is 18.5. The van der Waals surface area contributed by atoms with Gasteiger partial charge in [-0.1, -0.05) is 6.92 Å². The Balaban J connectivity index is 1.81. The van der Waals surface area contributed by atoms with Crippen LogP contribution in [0, 0.1) is 19.8 Å². The summed E-state index contributed by atoms with van der Waals surface area (Å²) in [6.45, 7) is 8.19. The van der Waals surface area contributed by atoms with Gasteiger partial charge in [-0.2, -0.15) is 0 Å². The molecule has 0 aliphatic carbocycles. The fraction of sp³-hybridized carbons (Fsp3) is 0.421. The number of hydrogen-bond acceptors (Lipinski definition) is 1. The summed E-state index contributed by atoms with van der Waals surface area (Å²) in [7, 11) is 0. The number of nitrogens with zero attached hydrogens (tertiary/aromatic N) is 2. The molecule has 1 atom stereocenters. The zero-order valence-corrected chi connectivity index (χ0v) is 13.7. The molecule has 0 radical (unpaired) electrons. The second-order valence-electron chi connectivity index (χ2n) is 6.50. The third-order valence-corrected chi connectivity index (χ3v) is 4.59. The number of carbonyl (C=O) groups is 1. The summed E-state index contributed by atoms with van der Waals surface area (Å²) in [6.07, 6.45) is 2.35. The molecule has 0 spiro atoms. The summed E-state index contributed by atoms with van der Waals surface area (Å²) >= 11 is 0. The number of hydrogen-bond donors (Lipinski definition) is 0. The highest BCUT2D eigenvalue weighted by molar-refractivity contribution is 5.94. The van der Waals surface area contributed by atoms with E-state index in [1.807, 2.05) is 29.2 Å². The number of rotatable bonds is 2. The van der Waals surface area contributed by atoms with E-state index in [0.29, 0.717) is 5.92 Å². The summed E-state index contributed by atoms with van der Waals surface area (Å²) in [5.74, 6) is 0.779. The van der Waals surface area contributed by atoms with E-state index >= 15 is 0 Å². The third-order valence-electron chi connectivity index (χ3n) is 4.59. The Labute approximate surface area is 132 Å².